The third-order valence-electron chi connectivity index (χ3n) is 3.93. The van der Waals surface area contributed by atoms with E-state index >= 15 is 0 Å². The summed E-state index contributed by atoms with van der Waals surface area (Å²) in [5.74, 6) is -1.04. The lowest BCUT2D eigenvalue weighted by Crippen LogP contribution is -2.60. The molecular weight excluding hydrogens is 318 g/mol. The van der Waals surface area contributed by atoms with E-state index < -0.39 is 36.1 Å². The maximum absolute atomic E-state index is 12.9. The Kier molecular flexibility index (Phi) is 4.90. The topological polar surface area (TPSA) is 65.5 Å². The minimum atomic E-state index is -4.75. The zero-order valence-electron chi connectivity index (χ0n) is 12.4. The number of halogens is 4. The fraction of sp³-hybridized carbons (Fsp3) is 0.571. The molecule has 1 amide bonds. The van der Waals surface area contributed by atoms with Crippen LogP contribution in [0.25, 0.3) is 0 Å². The van der Waals surface area contributed by atoms with E-state index in [1.54, 1.807) is 0 Å². The number of hydrogen-bond donors (Lipinski definition) is 2. The summed E-state index contributed by atoms with van der Waals surface area (Å²) in [7, 11) is 0. The largest absolute Gasteiger partial charge is 0.418 e. The number of hydrogen-bond acceptors (Lipinski definition) is 4. The summed E-state index contributed by atoms with van der Waals surface area (Å²) < 4.78 is 51.5. The van der Waals surface area contributed by atoms with Crippen LogP contribution in [0.5, 0.6) is 0 Å². The fourth-order valence-corrected chi connectivity index (χ4v) is 2.48. The first-order valence-electron chi connectivity index (χ1n) is 7.08. The number of anilines is 1. The molecule has 0 radical (unpaired) electrons. The Bertz CT molecular complexity index is 564. The molecule has 23 heavy (non-hydrogen) atoms. The molecule has 0 aliphatic carbocycles. The Morgan fingerprint density at radius 3 is 2.74 bits per heavy atom. The van der Waals surface area contributed by atoms with E-state index in [2.05, 4.69) is 10.3 Å². The molecule has 0 saturated carbocycles. The standard InChI is InChI=1S/C14H17F4N3O2/c1-9(12(22)20-11-4-3-10(15)7-19-11)21-6-2-5-13(23,8-21)14(16,17)18/h3-4,7,9,23H,2,5-6,8H2,1H3,(H,19,20,22). The van der Waals surface area contributed by atoms with E-state index in [0.717, 1.165) is 12.3 Å². The molecule has 1 aliphatic rings. The Morgan fingerprint density at radius 1 is 1.48 bits per heavy atom. The third-order valence-corrected chi connectivity index (χ3v) is 3.93. The molecule has 0 spiro atoms. The van der Waals surface area contributed by atoms with Gasteiger partial charge in [0.05, 0.1) is 12.2 Å². The summed E-state index contributed by atoms with van der Waals surface area (Å²) in [5, 5.41) is 12.2. The number of aromatic nitrogens is 1. The lowest BCUT2D eigenvalue weighted by atomic mass is 9.91. The van der Waals surface area contributed by atoms with Gasteiger partial charge in [-0.2, -0.15) is 13.2 Å². The number of amides is 1. The molecule has 5 nitrogen and oxygen atoms in total. The molecule has 1 saturated heterocycles. The summed E-state index contributed by atoms with van der Waals surface area (Å²) in [4.78, 5) is 17.0. The average Bonchev–Trinajstić information content (AvgIpc) is 2.47. The summed E-state index contributed by atoms with van der Waals surface area (Å²) >= 11 is 0. The monoisotopic (exact) mass is 335 g/mol. The second-order valence-electron chi connectivity index (χ2n) is 5.63. The average molecular weight is 335 g/mol. The van der Waals surface area contributed by atoms with Crippen molar-refractivity contribution in [1.29, 1.82) is 0 Å². The maximum Gasteiger partial charge on any atom is 0.418 e. The van der Waals surface area contributed by atoms with Crippen LogP contribution in [0.3, 0.4) is 0 Å². The lowest BCUT2D eigenvalue weighted by Gasteiger charge is -2.42. The highest BCUT2D eigenvalue weighted by Crippen LogP contribution is 2.37. The van der Waals surface area contributed by atoms with Crippen molar-refractivity contribution in [3.63, 3.8) is 0 Å². The molecule has 0 aromatic carbocycles. The molecule has 1 aromatic heterocycles. The van der Waals surface area contributed by atoms with E-state index in [4.69, 9.17) is 0 Å². The van der Waals surface area contributed by atoms with Crippen molar-refractivity contribution < 1.29 is 27.5 Å². The van der Waals surface area contributed by atoms with Gasteiger partial charge in [-0.15, -0.1) is 0 Å². The highest BCUT2D eigenvalue weighted by Gasteiger charge is 2.55. The van der Waals surface area contributed by atoms with Gasteiger partial charge in [0.15, 0.2) is 5.60 Å². The van der Waals surface area contributed by atoms with Gasteiger partial charge in [0.2, 0.25) is 5.91 Å². The summed E-state index contributed by atoms with van der Waals surface area (Å²) in [5.41, 5.74) is -2.81. The predicted octanol–water partition coefficient (Wildman–Crippen LogP) is 1.94. The van der Waals surface area contributed by atoms with Gasteiger partial charge in [0.1, 0.15) is 11.6 Å². The Morgan fingerprint density at radius 2 is 2.17 bits per heavy atom. The van der Waals surface area contributed by atoms with Gasteiger partial charge < -0.3 is 10.4 Å². The van der Waals surface area contributed by atoms with E-state index in [0.29, 0.717) is 0 Å². The summed E-state index contributed by atoms with van der Waals surface area (Å²) in [6, 6.07) is 1.47. The van der Waals surface area contributed by atoms with Gasteiger partial charge in [0.25, 0.3) is 0 Å². The van der Waals surface area contributed by atoms with Crippen LogP contribution in [-0.4, -0.2) is 51.8 Å². The number of carbonyl (C=O) groups is 1. The van der Waals surface area contributed by atoms with Gasteiger partial charge in [-0.05, 0) is 38.4 Å². The van der Waals surface area contributed by atoms with Crippen LogP contribution in [0.4, 0.5) is 23.4 Å². The highest BCUT2D eigenvalue weighted by atomic mass is 19.4. The van der Waals surface area contributed by atoms with Crippen LogP contribution in [0.1, 0.15) is 19.8 Å². The number of likely N-dealkylation sites (tertiary alicyclic amines) is 1. The van der Waals surface area contributed by atoms with Gasteiger partial charge in [-0.3, -0.25) is 9.69 Å². The Hall–Kier alpha value is -1.74. The molecule has 128 valence electrons. The number of nitrogens with one attached hydrogen (secondary N) is 1. The SMILES string of the molecule is CC(C(=O)Nc1ccc(F)cn1)N1CCCC(O)(C(F)(F)F)C1. The van der Waals surface area contributed by atoms with Crippen molar-refractivity contribution in [3.8, 4) is 0 Å². The zero-order valence-corrected chi connectivity index (χ0v) is 12.4. The third kappa shape index (κ3) is 3.97. The number of piperidine rings is 1. The Balaban J connectivity index is 2.03. The van der Waals surface area contributed by atoms with Crippen molar-refractivity contribution in [2.75, 3.05) is 18.4 Å². The van der Waals surface area contributed by atoms with E-state index in [9.17, 15) is 27.5 Å². The van der Waals surface area contributed by atoms with Crippen LogP contribution in [0.15, 0.2) is 18.3 Å². The Labute approximate surface area is 130 Å². The van der Waals surface area contributed by atoms with Crippen LogP contribution >= 0.6 is 0 Å². The molecule has 2 unspecified atom stereocenters. The quantitative estimate of drug-likeness (QED) is 0.829. The van der Waals surface area contributed by atoms with Gasteiger partial charge in [-0.1, -0.05) is 0 Å². The first-order chi connectivity index (χ1) is 10.6. The van der Waals surface area contributed by atoms with Gasteiger partial charge >= 0.3 is 6.18 Å². The first kappa shape index (κ1) is 17.6. The second kappa shape index (κ2) is 6.40. The molecule has 1 aliphatic heterocycles. The number of pyridine rings is 1. The zero-order chi connectivity index (χ0) is 17.3. The molecule has 1 fully saturated rings. The summed E-state index contributed by atoms with van der Waals surface area (Å²) in [6.07, 6.45) is -4.09. The first-order valence-corrected chi connectivity index (χ1v) is 7.08. The number of β-amino-alcohol motifs (C(OH)–C–C–N with tert-alkyl or cyclic N) is 1. The second-order valence-corrected chi connectivity index (χ2v) is 5.63. The van der Waals surface area contributed by atoms with Gasteiger partial charge in [-0.25, -0.2) is 9.37 Å². The summed E-state index contributed by atoms with van der Waals surface area (Å²) in [6.45, 7) is 1.05. The molecule has 0 bridgehead atoms. The van der Waals surface area contributed by atoms with E-state index in [1.165, 1.54) is 17.9 Å². The van der Waals surface area contributed by atoms with Crippen molar-refractivity contribution in [2.24, 2.45) is 0 Å². The van der Waals surface area contributed by atoms with Crippen molar-refractivity contribution in [3.05, 3.63) is 24.1 Å². The van der Waals surface area contributed by atoms with Crippen LogP contribution in [-0.2, 0) is 4.79 Å². The predicted molar refractivity (Wildman–Crippen MR) is 74.1 cm³/mol. The fourth-order valence-electron chi connectivity index (χ4n) is 2.48. The smallest absolute Gasteiger partial charge is 0.379 e. The molecule has 2 atom stereocenters. The number of carbonyl (C=O) groups excluding carboxylic acids is 1. The van der Waals surface area contributed by atoms with Crippen LogP contribution < -0.4 is 5.32 Å². The minimum Gasteiger partial charge on any atom is -0.379 e. The van der Waals surface area contributed by atoms with Crippen LogP contribution in [0, 0.1) is 5.82 Å². The van der Waals surface area contributed by atoms with Crippen molar-refractivity contribution in [1.82, 2.24) is 9.88 Å². The normalized spacial score (nSPS) is 24.3. The minimum absolute atomic E-state index is 0.103. The lowest BCUT2D eigenvalue weighted by molar-refractivity contribution is -0.275. The number of aliphatic hydroxyl groups is 1. The molecule has 9 heteroatoms. The molecule has 2 rings (SSSR count). The van der Waals surface area contributed by atoms with Crippen LogP contribution in [0.2, 0.25) is 0 Å². The van der Waals surface area contributed by atoms with Gasteiger partial charge in [0, 0.05) is 6.54 Å². The molecule has 2 N–H and O–H groups in total. The van der Waals surface area contributed by atoms with Crippen molar-refractivity contribution >= 4 is 11.7 Å². The number of alkyl halides is 3. The molecule has 1 aromatic rings. The maximum atomic E-state index is 12.9. The highest BCUT2D eigenvalue weighted by molar-refractivity contribution is 5.93. The molecular formula is C14H17F4N3O2. The van der Waals surface area contributed by atoms with E-state index in [1.807, 2.05) is 0 Å². The molecule has 2 heterocycles. The number of rotatable bonds is 3. The van der Waals surface area contributed by atoms with E-state index in [-0.39, 0.29) is 25.2 Å². The van der Waals surface area contributed by atoms with Crippen molar-refractivity contribution in [2.45, 2.75) is 37.6 Å². The number of nitrogens with zero attached hydrogens (tertiary/aromatic N) is 2.